The highest BCUT2D eigenvalue weighted by Gasteiger charge is 2.40. The van der Waals surface area contributed by atoms with Crippen LogP contribution in [0.15, 0.2) is 48.5 Å². The molecular formula is C28H40N2O4S. The minimum atomic E-state index is -3.38. The molecule has 1 fully saturated rings. The number of nitrogens with zero attached hydrogens (tertiary/aromatic N) is 1. The Morgan fingerprint density at radius 3 is 2.23 bits per heavy atom. The van der Waals surface area contributed by atoms with Gasteiger partial charge in [0.2, 0.25) is 10.0 Å². The molecule has 3 rings (SSSR count). The predicted octanol–water partition coefficient (Wildman–Crippen LogP) is 4.50. The summed E-state index contributed by atoms with van der Waals surface area (Å²) in [6.07, 6.45) is 4.41. The highest BCUT2D eigenvalue weighted by atomic mass is 32.2. The molecule has 1 unspecified atom stereocenters. The zero-order valence-electron chi connectivity index (χ0n) is 21.9. The first-order chi connectivity index (χ1) is 16.4. The first-order valence-electron chi connectivity index (χ1n) is 12.3. The van der Waals surface area contributed by atoms with E-state index in [1.807, 2.05) is 19.2 Å². The molecule has 3 atom stereocenters. The molecule has 0 aliphatic carbocycles. The Labute approximate surface area is 211 Å². The summed E-state index contributed by atoms with van der Waals surface area (Å²) in [5.74, 6) is 1.11. The van der Waals surface area contributed by atoms with Crippen LogP contribution in [-0.4, -0.2) is 52.1 Å². The number of rotatable bonds is 9. The molecule has 6 nitrogen and oxygen atoms in total. The van der Waals surface area contributed by atoms with Gasteiger partial charge in [-0.2, -0.15) is 0 Å². The van der Waals surface area contributed by atoms with Crippen LogP contribution in [0.4, 0.5) is 0 Å². The van der Waals surface area contributed by atoms with E-state index in [2.05, 4.69) is 66.8 Å². The summed E-state index contributed by atoms with van der Waals surface area (Å²) in [4.78, 5) is 15.2. The van der Waals surface area contributed by atoms with Gasteiger partial charge in [-0.15, -0.1) is 0 Å². The van der Waals surface area contributed by atoms with Crippen LogP contribution < -0.4 is 9.46 Å². The minimum absolute atomic E-state index is 0.0453. The summed E-state index contributed by atoms with van der Waals surface area (Å²) >= 11 is 0. The van der Waals surface area contributed by atoms with Gasteiger partial charge in [-0.05, 0) is 66.5 Å². The lowest BCUT2D eigenvalue weighted by molar-refractivity contribution is -0.131. The van der Waals surface area contributed by atoms with Crippen molar-refractivity contribution in [3.8, 4) is 5.75 Å². The lowest BCUT2D eigenvalue weighted by Gasteiger charge is -2.44. The van der Waals surface area contributed by atoms with E-state index in [0.717, 1.165) is 31.3 Å². The second-order valence-corrected chi connectivity index (χ2v) is 12.6. The molecule has 0 spiro atoms. The van der Waals surface area contributed by atoms with Crippen molar-refractivity contribution >= 4 is 15.8 Å². The van der Waals surface area contributed by atoms with E-state index < -0.39 is 16.1 Å². The van der Waals surface area contributed by atoms with Crippen molar-refractivity contribution < 1.29 is 17.9 Å². The molecular weight excluding hydrogens is 460 g/mol. The number of hydrogen-bond donors (Lipinski definition) is 1. The fraction of sp³-hybridized carbons (Fsp3) is 0.536. The quantitative estimate of drug-likeness (QED) is 0.549. The lowest BCUT2D eigenvalue weighted by Crippen LogP contribution is -2.53. The van der Waals surface area contributed by atoms with Crippen LogP contribution in [0.2, 0.25) is 0 Å². The molecule has 0 bridgehead atoms. The number of hydrogen-bond acceptors (Lipinski definition) is 5. The van der Waals surface area contributed by atoms with Crippen LogP contribution in [0, 0.1) is 5.92 Å². The summed E-state index contributed by atoms with van der Waals surface area (Å²) < 4.78 is 31.2. The van der Waals surface area contributed by atoms with E-state index >= 15 is 0 Å². The maximum atomic E-state index is 13.1. The SMILES string of the molecule is COc1ccc(CCCC2CC(=O)[C@H](CNS(C)(=O)=O)N(C)[C@H]2c2ccc(C(C)(C)C)cc2)cc1. The topological polar surface area (TPSA) is 75.7 Å². The zero-order valence-corrected chi connectivity index (χ0v) is 22.7. The van der Waals surface area contributed by atoms with E-state index in [9.17, 15) is 13.2 Å². The Balaban J connectivity index is 1.80. The molecule has 0 amide bonds. The smallest absolute Gasteiger partial charge is 0.208 e. The second-order valence-electron chi connectivity index (χ2n) is 10.8. The molecule has 1 N–H and O–H groups in total. The summed E-state index contributed by atoms with van der Waals surface area (Å²) in [5.41, 5.74) is 3.75. The third kappa shape index (κ3) is 7.38. The van der Waals surface area contributed by atoms with Crippen LogP contribution >= 0.6 is 0 Å². The number of methoxy groups -OCH3 is 1. The van der Waals surface area contributed by atoms with E-state index in [0.29, 0.717) is 6.42 Å². The third-order valence-corrected chi connectivity index (χ3v) is 7.76. The van der Waals surface area contributed by atoms with Gasteiger partial charge in [-0.25, -0.2) is 13.1 Å². The Morgan fingerprint density at radius 1 is 1.06 bits per heavy atom. The maximum Gasteiger partial charge on any atom is 0.208 e. The maximum absolute atomic E-state index is 13.1. The third-order valence-electron chi connectivity index (χ3n) is 7.07. The highest BCUT2D eigenvalue weighted by Crippen LogP contribution is 2.40. The van der Waals surface area contributed by atoms with Crippen LogP contribution in [0.1, 0.15) is 62.8 Å². The van der Waals surface area contributed by atoms with Crippen molar-refractivity contribution in [1.82, 2.24) is 9.62 Å². The molecule has 0 saturated carbocycles. The Kier molecular flexibility index (Phi) is 8.78. The van der Waals surface area contributed by atoms with Crippen molar-refractivity contribution in [2.45, 2.75) is 64.0 Å². The number of Topliss-reactive ketones (excluding diaryl/α,β-unsaturated/α-hetero) is 1. The normalized spacial score (nSPS) is 21.8. The minimum Gasteiger partial charge on any atom is -0.497 e. The van der Waals surface area contributed by atoms with Crippen molar-refractivity contribution in [2.24, 2.45) is 5.92 Å². The average Bonchev–Trinajstić information content (AvgIpc) is 2.78. The highest BCUT2D eigenvalue weighted by molar-refractivity contribution is 7.88. The number of aryl methyl sites for hydroxylation is 1. The van der Waals surface area contributed by atoms with Crippen LogP contribution in [0.25, 0.3) is 0 Å². The number of likely N-dealkylation sites (N-methyl/N-ethyl adjacent to an activating group) is 1. The number of carbonyl (C=O) groups is 1. The molecule has 0 radical (unpaired) electrons. The molecule has 0 aromatic heterocycles. The van der Waals surface area contributed by atoms with Gasteiger partial charge in [0.15, 0.2) is 5.78 Å². The van der Waals surface area contributed by atoms with Crippen molar-refractivity contribution in [2.75, 3.05) is 27.0 Å². The largest absolute Gasteiger partial charge is 0.497 e. The fourth-order valence-electron chi connectivity index (χ4n) is 5.06. The van der Waals surface area contributed by atoms with Crippen molar-refractivity contribution in [3.63, 3.8) is 0 Å². The molecule has 1 aliphatic heterocycles. The molecule has 192 valence electrons. The Morgan fingerprint density at radius 2 is 1.69 bits per heavy atom. The Bertz CT molecular complexity index is 1090. The van der Waals surface area contributed by atoms with Gasteiger partial charge in [0.1, 0.15) is 5.75 Å². The standard InChI is InChI=1S/C28H40N2O4S/c1-28(2,3)23-14-12-21(13-15-23)27-22(9-7-8-20-10-16-24(34-5)17-11-20)18-26(31)25(30(27)4)19-29-35(6,32)33/h10-17,22,25,27,29H,7-9,18-19H2,1-6H3/t22?,25-,27-/m0/s1. The molecule has 1 aliphatic rings. The number of ketones is 1. The number of likely N-dealkylation sites (tertiary alicyclic amines) is 1. The van der Waals surface area contributed by atoms with Gasteiger partial charge in [0.05, 0.1) is 19.4 Å². The summed E-state index contributed by atoms with van der Waals surface area (Å²) in [6.45, 7) is 6.69. The van der Waals surface area contributed by atoms with Crippen LogP contribution in [-0.2, 0) is 26.7 Å². The number of piperidine rings is 1. The Hall–Kier alpha value is -2.22. The predicted molar refractivity (Wildman–Crippen MR) is 141 cm³/mol. The summed E-state index contributed by atoms with van der Waals surface area (Å²) in [6, 6.07) is 16.4. The number of benzene rings is 2. The van der Waals surface area contributed by atoms with E-state index in [4.69, 9.17) is 4.74 Å². The van der Waals surface area contributed by atoms with Gasteiger partial charge in [0, 0.05) is 19.0 Å². The monoisotopic (exact) mass is 500 g/mol. The van der Waals surface area contributed by atoms with E-state index in [1.165, 1.54) is 16.7 Å². The average molecular weight is 501 g/mol. The van der Waals surface area contributed by atoms with E-state index in [-0.39, 0.29) is 29.7 Å². The van der Waals surface area contributed by atoms with E-state index in [1.54, 1.807) is 7.11 Å². The lowest BCUT2D eigenvalue weighted by atomic mass is 9.77. The van der Waals surface area contributed by atoms with Crippen LogP contribution in [0.5, 0.6) is 5.75 Å². The molecule has 1 saturated heterocycles. The van der Waals surface area contributed by atoms with Gasteiger partial charge in [0.25, 0.3) is 0 Å². The van der Waals surface area contributed by atoms with Gasteiger partial charge < -0.3 is 4.74 Å². The zero-order chi connectivity index (χ0) is 25.8. The molecule has 1 heterocycles. The molecule has 7 heteroatoms. The van der Waals surface area contributed by atoms with Gasteiger partial charge >= 0.3 is 0 Å². The summed E-state index contributed by atoms with van der Waals surface area (Å²) in [7, 11) is 0.238. The number of nitrogens with one attached hydrogen (secondary N) is 1. The molecule has 2 aromatic carbocycles. The first-order valence-corrected chi connectivity index (χ1v) is 14.2. The van der Waals surface area contributed by atoms with Crippen molar-refractivity contribution in [1.29, 1.82) is 0 Å². The summed E-state index contributed by atoms with van der Waals surface area (Å²) in [5, 5.41) is 0. The number of ether oxygens (including phenoxy) is 1. The first kappa shape index (κ1) is 27.4. The fourth-order valence-corrected chi connectivity index (χ4v) is 5.52. The van der Waals surface area contributed by atoms with Crippen LogP contribution in [0.3, 0.4) is 0 Å². The number of carbonyl (C=O) groups excluding carboxylic acids is 1. The molecule has 35 heavy (non-hydrogen) atoms. The molecule has 2 aromatic rings. The van der Waals surface area contributed by atoms with Crippen molar-refractivity contribution in [3.05, 3.63) is 65.2 Å². The van der Waals surface area contributed by atoms with Gasteiger partial charge in [-0.1, -0.05) is 57.2 Å². The second kappa shape index (κ2) is 11.2. The van der Waals surface area contributed by atoms with Gasteiger partial charge in [-0.3, -0.25) is 9.69 Å². The number of sulfonamides is 1.